The molecular formula is C12H18N6O. The summed E-state index contributed by atoms with van der Waals surface area (Å²) >= 11 is 0. The molecular weight excluding hydrogens is 244 g/mol. The maximum atomic E-state index is 5.96. The summed E-state index contributed by atoms with van der Waals surface area (Å²) < 4.78 is 7.15. The van der Waals surface area contributed by atoms with E-state index in [0.29, 0.717) is 18.4 Å². The molecule has 2 aromatic heterocycles. The molecule has 7 heteroatoms. The second-order valence-corrected chi connectivity index (χ2v) is 4.92. The van der Waals surface area contributed by atoms with E-state index in [2.05, 4.69) is 26.9 Å². The summed E-state index contributed by atoms with van der Waals surface area (Å²) in [5.74, 6) is 1.23. The number of nitrogen functional groups attached to an aromatic ring is 1. The van der Waals surface area contributed by atoms with Gasteiger partial charge in [-0.2, -0.15) is 5.10 Å². The van der Waals surface area contributed by atoms with Gasteiger partial charge in [0.15, 0.2) is 5.65 Å². The highest BCUT2D eigenvalue weighted by molar-refractivity contribution is 5.84. The molecule has 3 heterocycles. The van der Waals surface area contributed by atoms with E-state index < -0.39 is 0 Å². The van der Waals surface area contributed by atoms with Crippen molar-refractivity contribution in [2.24, 2.45) is 7.05 Å². The van der Waals surface area contributed by atoms with Crippen LogP contribution in [0.15, 0.2) is 6.20 Å². The Morgan fingerprint density at radius 1 is 1.47 bits per heavy atom. The predicted octanol–water partition coefficient (Wildman–Crippen LogP) is 0.166. The van der Waals surface area contributed by atoms with E-state index in [1.165, 1.54) is 0 Å². The SMILES string of the molecule is CC1COCCN1Cc1nc(N)c2cnn(C)c2n1. The molecule has 19 heavy (non-hydrogen) atoms. The van der Waals surface area contributed by atoms with Crippen LogP contribution in [0.1, 0.15) is 12.7 Å². The van der Waals surface area contributed by atoms with E-state index in [4.69, 9.17) is 10.5 Å². The Morgan fingerprint density at radius 3 is 3.11 bits per heavy atom. The van der Waals surface area contributed by atoms with Crippen LogP contribution in [0, 0.1) is 0 Å². The van der Waals surface area contributed by atoms with Crippen molar-refractivity contribution in [2.45, 2.75) is 19.5 Å². The fraction of sp³-hybridized carbons (Fsp3) is 0.583. The van der Waals surface area contributed by atoms with Gasteiger partial charge < -0.3 is 10.5 Å². The highest BCUT2D eigenvalue weighted by Crippen LogP contribution is 2.18. The molecule has 3 rings (SSSR count). The molecule has 1 aliphatic heterocycles. The first-order valence-electron chi connectivity index (χ1n) is 6.41. The first-order chi connectivity index (χ1) is 9.15. The first-order valence-corrected chi connectivity index (χ1v) is 6.41. The van der Waals surface area contributed by atoms with Crippen molar-refractivity contribution in [3.05, 3.63) is 12.0 Å². The van der Waals surface area contributed by atoms with Gasteiger partial charge in [-0.25, -0.2) is 9.97 Å². The summed E-state index contributed by atoms with van der Waals surface area (Å²) in [4.78, 5) is 11.2. The number of anilines is 1. The number of hydrogen-bond donors (Lipinski definition) is 1. The lowest BCUT2D eigenvalue weighted by molar-refractivity contribution is -0.00544. The number of fused-ring (bicyclic) bond motifs is 1. The second kappa shape index (κ2) is 4.75. The Labute approximate surface area is 111 Å². The minimum absolute atomic E-state index is 0.376. The summed E-state index contributed by atoms with van der Waals surface area (Å²) in [5, 5.41) is 4.97. The molecule has 0 spiro atoms. The number of hydrogen-bond acceptors (Lipinski definition) is 6. The highest BCUT2D eigenvalue weighted by Gasteiger charge is 2.20. The van der Waals surface area contributed by atoms with Crippen LogP contribution in [0.3, 0.4) is 0 Å². The fourth-order valence-corrected chi connectivity index (χ4v) is 2.34. The van der Waals surface area contributed by atoms with Gasteiger partial charge in [0.1, 0.15) is 11.6 Å². The largest absolute Gasteiger partial charge is 0.383 e. The van der Waals surface area contributed by atoms with Crippen LogP contribution in [-0.2, 0) is 18.3 Å². The van der Waals surface area contributed by atoms with Crippen molar-refractivity contribution < 1.29 is 4.74 Å². The zero-order valence-electron chi connectivity index (χ0n) is 11.2. The number of morpholine rings is 1. The third-order valence-corrected chi connectivity index (χ3v) is 3.52. The summed E-state index contributed by atoms with van der Waals surface area (Å²) in [6.45, 7) is 5.24. The molecule has 2 N–H and O–H groups in total. The molecule has 1 unspecified atom stereocenters. The summed E-state index contributed by atoms with van der Waals surface area (Å²) in [5.41, 5.74) is 6.74. The fourth-order valence-electron chi connectivity index (χ4n) is 2.34. The van der Waals surface area contributed by atoms with Crippen LogP contribution in [0.25, 0.3) is 11.0 Å². The second-order valence-electron chi connectivity index (χ2n) is 4.92. The van der Waals surface area contributed by atoms with Gasteiger partial charge in [0.25, 0.3) is 0 Å². The molecule has 7 nitrogen and oxygen atoms in total. The molecule has 0 saturated carbocycles. The minimum Gasteiger partial charge on any atom is -0.383 e. The molecule has 0 bridgehead atoms. The van der Waals surface area contributed by atoms with Gasteiger partial charge in [-0.15, -0.1) is 0 Å². The van der Waals surface area contributed by atoms with Crippen LogP contribution in [-0.4, -0.2) is 50.4 Å². The molecule has 2 aromatic rings. The summed E-state index contributed by atoms with van der Waals surface area (Å²) in [6, 6.07) is 0.376. The van der Waals surface area contributed by atoms with E-state index in [1.54, 1.807) is 10.9 Å². The standard InChI is InChI=1S/C12H18N6O/c1-8-7-19-4-3-18(8)6-10-15-11(13)9-5-14-17(2)12(9)16-10/h5,8H,3-4,6-7H2,1-2H3,(H2,13,15,16). The Bertz CT molecular complexity index is 595. The van der Waals surface area contributed by atoms with Crippen molar-refractivity contribution in [1.29, 1.82) is 0 Å². The molecule has 1 aliphatic rings. The van der Waals surface area contributed by atoms with Crippen molar-refractivity contribution in [3.8, 4) is 0 Å². The number of aryl methyl sites for hydroxylation is 1. The Balaban J connectivity index is 1.90. The number of rotatable bonds is 2. The van der Waals surface area contributed by atoms with Gasteiger partial charge in [0, 0.05) is 19.6 Å². The van der Waals surface area contributed by atoms with Crippen LogP contribution in [0.4, 0.5) is 5.82 Å². The Kier molecular flexibility index (Phi) is 3.08. The quantitative estimate of drug-likeness (QED) is 0.830. The smallest absolute Gasteiger partial charge is 0.163 e. The van der Waals surface area contributed by atoms with Gasteiger partial charge in [0.05, 0.1) is 31.3 Å². The van der Waals surface area contributed by atoms with Crippen LogP contribution in [0.5, 0.6) is 0 Å². The lowest BCUT2D eigenvalue weighted by Gasteiger charge is -2.32. The number of aromatic nitrogens is 4. The highest BCUT2D eigenvalue weighted by atomic mass is 16.5. The monoisotopic (exact) mass is 262 g/mol. The average Bonchev–Trinajstić information content (AvgIpc) is 2.75. The van der Waals surface area contributed by atoms with Gasteiger partial charge >= 0.3 is 0 Å². The topological polar surface area (TPSA) is 82.1 Å². The zero-order valence-corrected chi connectivity index (χ0v) is 11.2. The number of ether oxygens (including phenoxy) is 1. The molecule has 1 atom stereocenters. The van der Waals surface area contributed by atoms with Crippen molar-refractivity contribution >= 4 is 16.9 Å². The number of nitrogens with two attached hydrogens (primary N) is 1. The minimum atomic E-state index is 0.376. The summed E-state index contributed by atoms with van der Waals surface area (Å²) in [7, 11) is 1.86. The molecule has 0 aliphatic carbocycles. The van der Waals surface area contributed by atoms with Gasteiger partial charge in [-0.3, -0.25) is 9.58 Å². The third kappa shape index (κ3) is 2.26. The molecule has 102 valence electrons. The Hall–Kier alpha value is -1.73. The van der Waals surface area contributed by atoms with Gasteiger partial charge in [-0.1, -0.05) is 0 Å². The van der Waals surface area contributed by atoms with Crippen LogP contribution < -0.4 is 5.73 Å². The molecule has 0 aromatic carbocycles. The van der Waals surface area contributed by atoms with Gasteiger partial charge in [-0.05, 0) is 6.92 Å². The normalized spacial score (nSPS) is 21.1. The van der Waals surface area contributed by atoms with Crippen LogP contribution >= 0.6 is 0 Å². The van der Waals surface area contributed by atoms with Crippen molar-refractivity contribution in [3.63, 3.8) is 0 Å². The maximum Gasteiger partial charge on any atom is 0.163 e. The van der Waals surface area contributed by atoms with E-state index >= 15 is 0 Å². The van der Waals surface area contributed by atoms with Gasteiger partial charge in [0.2, 0.25) is 0 Å². The average molecular weight is 262 g/mol. The van der Waals surface area contributed by atoms with Crippen LogP contribution in [0.2, 0.25) is 0 Å². The molecule has 1 fully saturated rings. The van der Waals surface area contributed by atoms with Crippen molar-refractivity contribution in [2.75, 3.05) is 25.5 Å². The zero-order chi connectivity index (χ0) is 13.4. The molecule has 0 amide bonds. The van der Waals surface area contributed by atoms with E-state index in [9.17, 15) is 0 Å². The van der Waals surface area contributed by atoms with E-state index in [1.807, 2.05) is 7.05 Å². The number of nitrogens with zero attached hydrogens (tertiary/aromatic N) is 5. The molecule has 0 radical (unpaired) electrons. The maximum absolute atomic E-state index is 5.96. The predicted molar refractivity (Wildman–Crippen MR) is 71.4 cm³/mol. The molecule has 1 saturated heterocycles. The lowest BCUT2D eigenvalue weighted by atomic mass is 10.2. The Morgan fingerprint density at radius 2 is 2.32 bits per heavy atom. The lowest BCUT2D eigenvalue weighted by Crippen LogP contribution is -2.43. The van der Waals surface area contributed by atoms with Crippen molar-refractivity contribution in [1.82, 2.24) is 24.6 Å². The first kappa shape index (κ1) is 12.3. The third-order valence-electron chi connectivity index (χ3n) is 3.52. The summed E-state index contributed by atoms with van der Waals surface area (Å²) in [6.07, 6.45) is 1.70. The van der Waals surface area contributed by atoms with E-state index in [-0.39, 0.29) is 0 Å². The van der Waals surface area contributed by atoms with E-state index in [0.717, 1.165) is 36.6 Å².